The lowest BCUT2D eigenvalue weighted by atomic mass is 10.3. The van der Waals surface area contributed by atoms with Gasteiger partial charge in [0.05, 0.1) is 5.56 Å². The Labute approximate surface area is 104 Å². The van der Waals surface area contributed by atoms with Crippen molar-refractivity contribution in [3.8, 4) is 0 Å². The highest BCUT2D eigenvalue weighted by atomic mass is 79.9. The number of carbonyl (C=O) groups excluding carboxylic acids is 1. The van der Waals surface area contributed by atoms with Crippen molar-refractivity contribution in [3.63, 3.8) is 0 Å². The molecule has 0 saturated carbocycles. The lowest BCUT2D eigenvalue weighted by Gasteiger charge is -2.00. The molecule has 0 spiro atoms. The van der Waals surface area contributed by atoms with E-state index in [1.54, 1.807) is 13.0 Å². The van der Waals surface area contributed by atoms with E-state index in [0.29, 0.717) is 11.6 Å². The molecule has 0 aliphatic heterocycles. The molecule has 6 nitrogen and oxygen atoms in total. The number of aryl methyl sites for hydroxylation is 1. The Morgan fingerprint density at radius 3 is 2.82 bits per heavy atom. The monoisotopic (exact) mass is 298 g/mol. The van der Waals surface area contributed by atoms with E-state index in [-0.39, 0.29) is 10.0 Å². The van der Waals surface area contributed by atoms with E-state index in [4.69, 9.17) is 4.52 Å². The number of aromatic nitrogens is 1. The fourth-order valence-corrected chi connectivity index (χ4v) is 1.48. The molecular formula is C10H7BrN2O4. The first-order valence-corrected chi connectivity index (χ1v) is 5.38. The Morgan fingerprint density at radius 2 is 2.24 bits per heavy atom. The molecule has 1 N–H and O–H groups in total. The summed E-state index contributed by atoms with van der Waals surface area (Å²) in [5.74, 6) is 0.443. The van der Waals surface area contributed by atoms with Crippen LogP contribution in [-0.4, -0.2) is 11.1 Å². The first-order valence-electron chi connectivity index (χ1n) is 4.59. The van der Waals surface area contributed by atoms with Crippen LogP contribution in [0.5, 0.6) is 0 Å². The molecular weight excluding hydrogens is 292 g/mol. The van der Waals surface area contributed by atoms with Crippen LogP contribution in [-0.2, 0) is 0 Å². The second-order valence-corrected chi connectivity index (χ2v) is 4.10. The third kappa shape index (κ3) is 2.62. The average Bonchev–Trinajstić information content (AvgIpc) is 2.68. The molecule has 0 saturated heterocycles. The topological polar surface area (TPSA) is 85.3 Å². The molecule has 2 aromatic rings. The second-order valence-electron chi connectivity index (χ2n) is 3.25. The van der Waals surface area contributed by atoms with E-state index in [9.17, 15) is 9.59 Å². The van der Waals surface area contributed by atoms with Crippen molar-refractivity contribution in [2.24, 2.45) is 0 Å². The van der Waals surface area contributed by atoms with E-state index in [1.807, 2.05) is 0 Å². The first kappa shape index (κ1) is 11.6. The van der Waals surface area contributed by atoms with E-state index >= 15 is 0 Å². The molecule has 88 valence electrons. The van der Waals surface area contributed by atoms with Gasteiger partial charge in [-0.15, -0.1) is 0 Å². The van der Waals surface area contributed by atoms with Crippen LogP contribution in [0.25, 0.3) is 0 Å². The minimum absolute atomic E-state index is 0.182. The predicted molar refractivity (Wildman–Crippen MR) is 61.9 cm³/mol. The smallest absolute Gasteiger partial charge is 0.350 e. The summed E-state index contributed by atoms with van der Waals surface area (Å²) in [6.07, 6.45) is 1.08. The highest BCUT2D eigenvalue weighted by Crippen LogP contribution is 2.11. The zero-order valence-electron chi connectivity index (χ0n) is 8.69. The number of halogens is 1. The molecule has 0 unspecified atom stereocenters. The van der Waals surface area contributed by atoms with E-state index in [0.717, 1.165) is 6.26 Å². The standard InChI is InChI=1S/C10H7BrN2O4/c1-5-2-8(13-17-5)12-9(14)6-3-7(11)10(15)16-4-6/h2-4H,1H3,(H,12,13,14). The highest BCUT2D eigenvalue weighted by Gasteiger charge is 2.11. The van der Waals surface area contributed by atoms with Crippen molar-refractivity contribution in [3.05, 3.63) is 44.6 Å². The normalized spacial score (nSPS) is 10.2. The van der Waals surface area contributed by atoms with Gasteiger partial charge in [0.15, 0.2) is 5.82 Å². The lowest BCUT2D eigenvalue weighted by Crippen LogP contribution is -2.13. The molecule has 0 aliphatic carbocycles. The fraction of sp³-hybridized carbons (Fsp3) is 0.100. The number of nitrogens with one attached hydrogen (secondary N) is 1. The quantitative estimate of drug-likeness (QED) is 0.916. The van der Waals surface area contributed by atoms with Gasteiger partial charge < -0.3 is 14.3 Å². The van der Waals surface area contributed by atoms with Crippen molar-refractivity contribution in [1.29, 1.82) is 0 Å². The zero-order chi connectivity index (χ0) is 12.4. The van der Waals surface area contributed by atoms with Gasteiger partial charge in [-0.05, 0) is 28.9 Å². The molecule has 0 aliphatic rings. The van der Waals surface area contributed by atoms with Gasteiger partial charge in [0.1, 0.15) is 16.5 Å². The maximum absolute atomic E-state index is 11.7. The highest BCUT2D eigenvalue weighted by molar-refractivity contribution is 9.10. The second kappa shape index (κ2) is 4.54. The number of nitrogens with zero attached hydrogens (tertiary/aromatic N) is 1. The van der Waals surface area contributed by atoms with Gasteiger partial charge in [-0.25, -0.2) is 4.79 Å². The minimum atomic E-state index is -0.543. The third-order valence-corrected chi connectivity index (χ3v) is 2.45. The summed E-state index contributed by atoms with van der Waals surface area (Å²) in [6.45, 7) is 1.71. The van der Waals surface area contributed by atoms with Crippen molar-refractivity contribution in [2.75, 3.05) is 5.32 Å². The van der Waals surface area contributed by atoms with Crippen LogP contribution in [0.1, 0.15) is 16.1 Å². The minimum Gasteiger partial charge on any atom is -0.430 e. The molecule has 0 fully saturated rings. The Bertz CT molecular complexity index is 617. The molecule has 0 radical (unpaired) electrons. The number of hydrogen-bond acceptors (Lipinski definition) is 5. The summed E-state index contributed by atoms with van der Waals surface area (Å²) in [7, 11) is 0. The molecule has 2 heterocycles. The van der Waals surface area contributed by atoms with Crippen LogP contribution in [0, 0.1) is 6.92 Å². The molecule has 1 amide bonds. The SMILES string of the molecule is Cc1cc(NC(=O)c2coc(=O)c(Br)c2)no1. The van der Waals surface area contributed by atoms with Crippen molar-refractivity contribution in [1.82, 2.24) is 5.16 Å². The van der Waals surface area contributed by atoms with E-state index < -0.39 is 11.5 Å². The molecule has 0 atom stereocenters. The molecule has 17 heavy (non-hydrogen) atoms. The van der Waals surface area contributed by atoms with Crippen molar-refractivity contribution >= 4 is 27.7 Å². The third-order valence-electron chi connectivity index (χ3n) is 1.90. The number of amides is 1. The van der Waals surface area contributed by atoms with Crippen LogP contribution in [0.3, 0.4) is 0 Å². The number of carbonyl (C=O) groups is 1. The van der Waals surface area contributed by atoms with E-state index in [1.165, 1.54) is 6.07 Å². The molecule has 2 rings (SSSR count). The Hall–Kier alpha value is -1.89. The predicted octanol–water partition coefficient (Wildman–Crippen LogP) is 1.95. The largest absolute Gasteiger partial charge is 0.430 e. The average molecular weight is 299 g/mol. The Kier molecular flexibility index (Phi) is 3.10. The van der Waals surface area contributed by atoms with Gasteiger partial charge in [-0.1, -0.05) is 5.16 Å². The number of hydrogen-bond donors (Lipinski definition) is 1. The summed E-state index contributed by atoms with van der Waals surface area (Å²) in [5, 5.41) is 6.11. The lowest BCUT2D eigenvalue weighted by molar-refractivity contribution is 0.102. The summed E-state index contributed by atoms with van der Waals surface area (Å²) in [5.41, 5.74) is -0.337. The van der Waals surface area contributed by atoms with Gasteiger partial charge in [-0.2, -0.15) is 0 Å². The summed E-state index contributed by atoms with van der Waals surface area (Å²) >= 11 is 2.98. The Morgan fingerprint density at radius 1 is 1.47 bits per heavy atom. The zero-order valence-corrected chi connectivity index (χ0v) is 10.3. The number of anilines is 1. The van der Waals surface area contributed by atoms with Gasteiger partial charge in [-0.3, -0.25) is 4.79 Å². The number of rotatable bonds is 2. The maximum Gasteiger partial charge on any atom is 0.350 e. The van der Waals surface area contributed by atoms with Crippen molar-refractivity contribution < 1.29 is 13.7 Å². The van der Waals surface area contributed by atoms with Crippen LogP contribution in [0.15, 0.2) is 36.6 Å². The fourth-order valence-electron chi connectivity index (χ4n) is 1.14. The molecule has 7 heteroatoms. The van der Waals surface area contributed by atoms with Gasteiger partial charge in [0.2, 0.25) is 0 Å². The van der Waals surface area contributed by atoms with E-state index in [2.05, 4.69) is 30.8 Å². The van der Waals surface area contributed by atoms with Crippen LogP contribution in [0.2, 0.25) is 0 Å². The van der Waals surface area contributed by atoms with Crippen LogP contribution < -0.4 is 10.9 Å². The van der Waals surface area contributed by atoms with Crippen LogP contribution in [0.4, 0.5) is 5.82 Å². The van der Waals surface area contributed by atoms with Gasteiger partial charge in [0, 0.05) is 6.07 Å². The summed E-state index contributed by atoms with van der Waals surface area (Å²) in [4.78, 5) is 22.7. The maximum atomic E-state index is 11.7. The van der Waals surface area contributed by atoms with Crippen LogP contribution >= 0.6 is 15.9 Å². The van der Waals surface area contributed by atoms with Gasteiger partial charge >= 0.3 is 5.63 Å². The summed E-state index contributed by atoms with van der Waals surface area (Å²) in [6, 6.07) is 2.94. The first-order chi connectivity index (χ1) is 8.06. The Balaban J connectivity index is 2.20. The molecule has 0 bridgehead atoms. The molecule has 2 aromatic heterocycles. The molecule has 0 aromatic carbocycles. The summed E-state index contributed by atoms with van der Waals surface area (Å²) < 4.78 is 9.62. The van der Waals surface area contributed by atoms with Crippen molar-refractivity contribution in [2.45, 2.75) is 6.92 Å². The van der Waals surface area contributed by atoms with Gasteiger partial charge in [0.25, 0.3) is 5.91 Å².